The monoisotopic (exact) mass is 329 g/mol. The van der Waals surface area contributed by atoms with Crippen LogP contribution in [0.15, 0.2) is 4.90 Å². The molecule has 0 unspecified atom stereocenters. The lowest BCUT2D eigenvalue weighted by molar-refractivity contribution is 0.136. The van der Waals surface area contributed by atoms with Gasteiger partial charge in [-0.2, -0.15) is 9.40 Å². The number of aliphatic hydroxyl groups excluding tert-OH is 1. The molecule has 0 radical (unpaired) electrons. The van der Waals surface area contributed by atoms with Crippen molar-refractivity contribution in [3.05, 3.63) is 11.4 Å². The average Bonchev–Trinajstić information content (AvgIpc) is 2.70. The van der Waals surface area contributed by atoms with Gasteiger partial charge in [-0.15, -0.1) is 0 Å². The molecule has 1 aromatic heterocycles. The number of sulfonamides is 1. The molecule has 6 nitrogen and oxygen atoms in total. The van der Waals surface area contributed by atoms with E-state index in [0.29, 0.717) is 16.3 Å². The standard InChI is InChI=1S/C15H27N3O3S/c1-11(19)10-18(14-8-6-5-7-9-14)22(20,21)15-12(2)16-17(4)13(15)3/h11,14,19H,5-10H2,1-4H3/t11-/m1/s1. The van der Waals surface area contributed by atoms with Gasteiger partial charge in [-0.1, -0.05) is 19.3 Å². The van der Waals surface area contributed by atoms with E-state index in [-0.39, 0.29) is 12.6 Å². The minimum Gasteiger partial charge on any atom is -0.392 e. The quantitative estimate of drug-likeness (QED) is 0.893. The average molecular weight is 329 g/mol. The predicted molar refractivity (Wildman–Crippen MR) is 85.1 cm³/mol. The highest BCUT2D eigenvalue weighted by Gasteiger charge is 2.36. The van der Waals surface area contributed by atoms with Crippen molar-refractivity contribution in [3.8, 4) is 0 Å². The molecule has 0 saturated heterocycles. The molecule has 1 fully saturated rings. The third-order valence-corrected chi connectivity index (χ3v) is 6.61. The van der Waals surface area contributed by atoms with Gasteiger partial charge in [-0.05, 0) is 33.6 Å². The molecule has 126 valence electrons. The van der Waals surface area contributed by atoms with Gasteiger partial charge in [0.25, 0.3) is 0 Å². The summed E-state index contributed by atoms with van der Waals surface area (Å²) in [6.45, 7) is 5.27. The number of aryl methyl sites for hydroxylation is 2. The van der Waals surface area contributed by atoms with Crippen LogP contribution in [-0.4, -0.2) is 46.3 Å². The number of rotatable bonds is 5. The summed E-state index contributed by atoms with van der Waals surface area (Å²) in [5.74, 6) is 0. The van der Waals surface area contributed by atoms with Gasteiger partial charge >= 0.3 is 0 Å². The van der Waals surface area contributed by atoms with Crippen molar-refractivity contribution in [2.45, 2.75) is 69.9 Å². The zero-order valence-electron chi connectivity index (χ0n) is 13.9. The van der Waals surface area contributed by atoms with E-state index in [0.717, 1.165) is 32.1 Å². The molecule has 1 saturated carbocycles. The lowest BCUT2D eigenvalue weighted by Crippen LogP contribution is -2.45. The summed E-state index contributed by atoms with van der Waals surface area (Å²) in [5.41, 5.74) is 1.16. The predicted octanol–water partition coefficient (Wildman–Crippen LogP) is 1.74. The second-order valence-corrected chi connectivity index (χ2v) is 8.17. The molecule has 0 aliphatic heterocycles. The summed E-state index contributed by atoms with van der Waals surface area (Å²) in [5, 5.41) is 14.0. The van der Waals surface area contributed by atoms with Crippen molar-refractivity contribution in [2.75, 3.05) is 6.54 Å². The Morgan fingerprint density at radius 3 is 2.36 bits per heavy atom. The van der Waals surface area contributed by atoms with E-state index < -0.39 is 16.1 Å². The second kappa shape index (κ2) is 6.68. The van der Waals surface area contributed by atoms with Gasteiger partial charge in [-0.3, -0.25) is 4.68 Å². The first-order chi connectivity index (χ1) is 10.2. The maximum atomic E-state index is 13.2. The van der Waals surface area contributed by atoms with E-state index in [2.05, 4.69) is 5.10 Å². The molecule has 1 atom stereocenters. The molecular formula is C15H27N3O3S. The van der Waals surface area contributed by atoms with E-state index in [1.165, 1.54) is 4.31 Å². The molecule has 1 heterocycles. The van der Waals surface area contributed by atoms with Crippen molar-refractivity contribution in [3.63, 3.8) is 0 Å². The molecule has 1 N–H and O–H groups in total. The van der Waals surface area contributed by atoms with Crippen molar-refractivity contribution in [1.29, 1.82) is 0 Å². The molecule has 7 heteroatoms. The molecule has 1 aliphatic carbocycles. The minimum absolute atomic E-state index is 0.0210. The summed E-state index contributed by atoms with van der Waals surface area (Å²) >= 11 is 0. The summed E-state index contributed by atoms with van der Waals surface area (Å²) in [6.07, 6.45) is 4.29. The summed E-state index contributed by atoms with van der Waals surface area (Å²) in [6, 6.07) is -0.0210. The van der Waals surface area contributed by atoms with Crippen LogP contribution >= 0.6 is 0 Å². The number of aromatic nitrogens is 2. The lowest BCUT2D eigenvalue weighted by Gasteiger charge is -2.34. The van der Waals surface area contributed by atoms with Gasteiger partial charge < -0.3 is 5.11 Å². The highest BCUT2D eigenvalue weighted by molar-refractivity contribution is 7.89. The van der Waals surface area contributed by atoms with E-state index in [1.54, 1.807) is 32.5 Å². The zero-order valence-corrected chi connectivity index (χ0v) is 14.7. The Morgan fingerprint density at radius 1 is 1.32 bits per heavy atom. The van der Waals surface area contributed by atoms with Crippen LogP contribution in [0.5, 0.6) is 0 Å². The Hall–Kier alpha value is -0.920. The third kappa shape index (κ3) is 3.36. The largest absolute Gasteiger partial charge is 0.392 e. The van der Waals surface area contributed by atoms with E-state index in [4.69, 9.17) is 0 Å². The lowest BCUT2D eigenvalue weighted by atomic mass is 9.95. The van der Waals surface area contributed by atoms with Gasteiger partial charge in [0.1, 0.15) is 4.90 Å². The maximum Gasteiger partial charge on any atom is 0.247 e. The zero-order chi connectivity index (χ0) is 16.5. The number of nitrogens with zero attached hydrogens (tertiary/aromatic N) is 3. The minimum atomic E-state index is -3.65. The van der Waals surface area contributed by atoms with Crippen LogP contribution in [-0.2, 0) is 17.1 Å². The Balaban J connectivity index is 2.44. The summed E-state index contributed by atoms with van der Waals surface area (Å²) in [4.78, 5) is 0.293. The highest BCUT2D eigenvalue weighted by atomic mass is 32.2. The molecular weight excluding hydrogens is 302 g/mol. The van der Waals surface area contributed by atoms with Crippen LogP contribution in [0.2, 0.25) is 0 Å². The van der Waals surface area contributed by atoms with Crippen LogP contribution in [0, 0.1) is 13.8 Å². The van der Waals surface area contributed by atoms with Crippen LogP contribution in [0.25, 0.3) is 0 Å². The molecule has 0 amide bonds. The Kier molecular flexibility index (Phi) is 5.29. The highest BCUT2D eigenvalue weighted by Crippen LogP contribution is 2.30. The van der Waals surface area contributed by atoms with E-state index >= 15 is 0 Å². The first kappa shape index (κ1) is 17.4. The number of hydrogen-bond donors (Lipinski definition) is 1. The first-order valence-electron chi connectivity index (χ1n) is 7.95. The molecule has 0 aromatic carbocycles. The number of hydrogen-bond acceptors (Lipinski definition) is 4. The molecule has 0 spiro atoms. The van der Waals surface area contributed by atoms with Crippen molar-refractivity contribution in [2.24, 2.45) is 7.05 Å². The fourth-order valence-electron chi connectivity index (χ4n) is 3.32. The molecule has 2 rings (SSSR count). The first-order valence-corrected chi connectivity index (χ1v) is 9.39. The van der Waals surface area contributed by atoms with Crippen LogP contribution in [0.1, 0.15) is 50.4 Å². The van der Waals surface area contributed by atoms with Crippen molar-refractivity contribution >= 4 is 10.0 Å². The topological polar surface area (TPSA) is 75.4 Å². The third-order valence-electron chi connectivity index (χ3n) is 4.44. The number of aliphatic hydroxyl groups is 1. The van der Waals surface area contributed by atoms with E-state index in [1.807, 2.05) is 0 Å². The Morgan fingerprint density at radius 2 is 1.91 bits per heavy atom. The smallest absolute Gasteiger partial charge is 0.247 e. The van der Waals surface area contributed by atoms with Gasteiger partial charge in [0.15, 0.2) is 0 Å². The van der Waals surface area contributed by atoms with Crippen molar-refractivity contribution in [1.82, 2.24) is 14.1 Å². The molecule has 1 aliphatic rings. The normalized spacial score (nSPS) is 18.8. The molecule has 1 aromatic rings. The second-order valence-electron chi connectivity index (χ2n) is 6.34. The van der Waals surface area contributed by atoms with Gasteiger partial charge in [0.05, 0.1) is 17.5 Å². The van der Waals surface area contributed by atoms with Gasteiger partial charge in [-0.25, -0.2) is 8.42 Å². The Labute approximate surface area is 133 Å². The van der Waals surface area contributed by atoms with Crippen molar-refractivity contribution < 1.29 is 13.5 Å². The SMILES string of the molecule is Cc1nn(C)c(C)c1S(=O)(=O)N(C[C@@H](C)O)C1CCCCC1. The summed E-state index contributed by atoms with van der Waals surface area (Å²) < 4.78 is 29.5. The van der Waals surface area contributed by atoms with Crippen LogP contribution in [0.4, 0.5) is 0 Å². The van der Waals surface area contributed by atoms with Crippen LogP contribution < -0.4 is 0 Å². The van der Waals surface area contributed by atoms with Gasteiger partial charge in [0.2, 0.25) is 10.0 Å². The molecule has 0 bridgehead atoms. The fraction of sp³-hybridized carbons (Fsp3) is 0.800. The fourth-order valence-corrected chi connectivity index (χ4v) is 5.49. The Bertz CT molecular complexity index is 616. The van der Waals surface area contributed by atoms with Gasteiger partial charge in [0, 0.05) is 19.6 Å². The van der Waals surface area contributed by atoms with Crippen LogP contribution in [0.3, 0.4) is 0 Å². The van der Waals surface area contributed by atoms with E-state index in [9.17, 15) is 13.5 Å². The molecule has 22 heavy (non-hydrogen) atoms. The summed E-state index contributed by atoms with van der Waals surface area (Å²) in [7, 11) is -1.90. The maximum absolute atomic E-state index is 13.2.